The lowest BCUT2D eigenvalue weighted by molar-refractivity contribution is 0.171. The SMILES string of the molecule is O=c1[nH][nH]c(=S)n1-c1ccc2c(c1)OCCO2. The number of aromatic nitrogens is 3. The summed E-state index contributed by atoms with van der Waals surface area (Å²) in [6.07, 6.45) is 0. The van der Waals surface area contributed by atoms with Gasteiger partial charge in [-0.2, -0.15) is 0 Å². The molecule has 7 heteroatoms. The first-order valence-corrected chi connectivity index (χ1v) is 5.46. The smallest absolute Gasteiger partial charge is 0.347 e. The number of hydrogen-bond donors (Lipinski definition) is 2. The molecule has 0 unspecified atom stereocenters. The zero-order chi connectivity index (χ0) is 11.8. The summed E-state index contributed by atoms with van der Waals surface area (Å²) in [5.41, 5.74) is 0.327. The van der Waals surface area contributed by atoms with E-state index in [-0.39, 0.29) is 5.69 Å². The van der Waals surface area contributed by atoms with E-state index in [1.165, 1.54) is 4.57 Å². The Kier molecular flexibility index (Phi) is 2.25. The molecule has 0 spiro atoms. The molecule has 2 N–H and O–H groups in total. The average molecular weight is 251 g/mol. The van der Waals surface area contributed by atoms with E-state index in [1.807, 2.05) is 0 Å². The third-order valence-corrected chi connectivity index (χ3v) is 2.75. The van der Waals surface area contributed by atoms with Crippen molar-refractivity contribution in [2.45, 2.75) is 0 Å². The number of benzene rings is 1. The first-order chi connectivity index (χ1) is 8.25. The maximum absolute atomic E-state index is 11.5. The zero-order valence-corrected chi connectivity index (χ0v) is 9.54. The predicted molar refractivity (Wildman–Crippen MR) is 62.6 cm³/mol. The monoisotopic (exact) mass is 251 g/mol. The fourth-order valence-electron chi connectivity index (χ4n) is 1.72. The Labute approximate surface area is 101 Å². The second-order valence-corrected chi connectivity index (χ2v) is 3.91. The van der Waals surface area contributed by atoms with E-state index in [0.717, 1.165) is 0 Å². The average Bonchev–Trinajstić information content (AvgIpc) is 2.68. The van der Waals surface area contributed by atoms with Gasteiger partial charge in [0.1, 0.15) is 13.2 Å². The molecule has 17 heavy (non-hydrogen) atoms. The minimum absolute atomic E-state index is 0.312. The highest BCUT2D eigenvalue weighted by Gasteiger charge is 2.13. The number of nitrogens with zero attached hydrogens (tertiary/aromatic N) is 1. The van der Waals surface area contributed by atoms with Crippen LogP contribution in [0.1, 0.15) is 0 Å². The number of ether oxygens (including phenoxy) is 2. The van der Waals surface area contributed by atoms with Crippen molar-refractivity contribution in [2.24, 2.45) is 0 Å². The first-order valence-electron chi connectivity index (χ1n) is 5.05. The summed E-state index contributed by atoms with van der Waals surface area (Å²) in [6, 6.07) is 5.25. The van der Waals surface area contributed by atoms with Crippen LogP contribution in [0.15, 0.2) is 23.0 Å². The molecule has 0 fully saturated rings. The van der Waals surface area contributed by atoms with Crippen LogP contribution in [-0.2, 0) is 0 Å². The van der Waals surface area contributed by atoms with E-state index in [1.54, 1.807) is 18.2 Å². The van der Waals surface area contributed by atoms with Crippen molar-refractivity contribution >= 4 is 12.2 Å². The molecular formula is C10H9N3O3S. The van der Waals surface area contributed by atoms with Crippen LogP contribution in [0.2, 0.25) is 0 Å². The van der Waals surface area contributed by atoms with Gasteiger partial charge in [-0.25, -0.2) is 14.5 Å². The number of nitrogens with one attached hydrogen (secondary N) is 2. The second kappa shape index (κ2) is 3.77. The molecule has 2 aromatic rings. The number of rotatable bonds is 1. The fraction of sp³-hybridized carbons (Fsp3) is 0.200. The molecule has 1 aliphatic rings. The minimum atomic E-state index is -0.313. The molecule has 1 aliphatic heterocycles. The largest absolute Gasteiger partial charge is 0.486 e. The molecule has 88 valence electrons. The third-order valence-electron chi connectivity index (χ3n) is 2.47. The van der Waals surface area contributed by atoms with Crippen molar-refractivity contribution in [1.82, 2.24) is 14.8 Å². The molecule has 1 aromatic heterocycles. The molecule has 0 atom stereocenters. The maximum atomic E-state index is 11.5. The molecule has 0 radical (unpaired) electrons. The summed E-state index contributed by atoms with van der Waals surface area (Å²) in [6.45, 7) is 1.04. The maximum Gasteiger partial charge on any atom is 0.347 e. The van der Waals surface area contributed by atoms with Crippen LogP contribution in [0.5, 0.6) is 11.5 Å². The van der Waals surface area contributed by atoms with Crippen LogP contribution >= 0.6 is 12.2 Å². The summed E-state index contributed by atoms with van der Waals surface area (Å²) in [4.78, 5) is 11.5. The topological polar surface area (TPSA) is 72.0 Å². The molecule has 0 amide bonds. The molecule has 3 rings (SSSR count). The van der Waals surface area contributed by atoms with Gasteiger partial charge >= 0.3 is 5.69 Å². The summed E-state index contributed by atoms with van der Waals surface area (Å²) in [5.74, 6) is 1.30. The minimum Gasteiger partial charge on any atom is -0.486 e. The van der Waals surface area contributed by atoms with Gasteiger partial charge in [-0.05, 0) is 24.4 Å². The Morgan fingerprint density at radius 2 is 1.94 bits per heavy atom. The summed E-state index contributed by atoms with van der Waals surface area (Å²) >= 11 is 5.01. The summed E-state index contributed by atoms with van der Waals surface area (Å²) in [5, 5.41) is 5.01. The van der Waals surface area contributed by atoms with Gasteiger partial charge in [0, 0.05) is 6.07 Å². The highest BCUT2D eigenvalue weighted by molar-refractivity contribution is 7.71. The molecule has 0 saturated heterocycles. The lowest BCUT2D eigenvalue weighted by Gasteiger charge is -2.18. The van der Waals surface area contributed by atoms with Crippen molar-refractivity contribution in [2.75, 3.05) is 13.2 Å². The lowest BCUT2D eigenvalue weighted by Crippen LogP contribution is -2.17. The fourth-order valence-corrected chi connectivity index (χ4v) is 1.96. The standard InChI is InChI=1S/C10H9N3O3S/c14-9-11-12-10(17)13(9)6-1-2-7-8(5-6)16-4-3-15-7/h1-2,5H,3-4H2,(H,11,14)(H,12,17). The Hall–Kier alpha value is -2.02. The van der Waals surface area contributed by atoms with Gasteiger partial charge in [0.15, 0.2) is 11.5 Å². The van der Waals surface area contributed by atoms with Crippen LogP contribution in [0, 0.1) is 4.77 Å². The summed E-state index contributed by atoms with van der Waals surface area (Å²) in [7, 11) is 0. The highest BCUT2D eigenvalue weighted by atomic mass is 32.1. The Bertz CT molecular complexity index is 642. The van der Waals surface area contributed by atoms with Gasteiger partial charge in [0.25, 0.3) is 0 Å². The number of aromatic amines is 2. The zero-order valence-electron chi connectivity index (χ0n) is 8.73. The molecular weight excluding hydrogens is 242 g/mol. The summed E-state index contributed by atoms with van der Waals surface area (Å²) < 4.78 is 12.5. The molecule has 1 aromatic carbocycles. The van der Waals surface area contributed by atoms with Gasteiger partial charge in [-0.1, -0.05) is 0 Å². The van der Waals surface area contributed by atoms with E-state index in [0.29, 0.717) is 35.2 Å². The molecule has 0 aliphatic carbocycles. The van der Waals surface area contributed by atoms with E-state index in [9.17, 15) is 4.79 Å². The van der Waals surface area contributed by atoms with Crippen molar-refractivity contribution in [1.29, 1.82) is 0 Å². The normalized spacial score (nSPS) is 13.6. The number of hydrogen-bond acceptors (Lipinski definition) is 4. The van der Waals surface area contributed by atoms with Gasteiger partial charge in [0.2, 0.25) is 4.77 Å². The number of H-pyrrole nitrogens is 2. The molecule has 0 saturated carbocycles. The Morgan fingerprint density at radius 3 is 2.65 bits per heavy atom. The Balaban J connectivity index is 2.17. The van der Waals surface area contributed by atoms with Crippen LogP contribution in [-0.4, -0.2) is 28.0 Å². The molecule has 0 bridgehead atoms. The van der Waals surface area contributed by atoms with Crippen LogP contribution in [0.4, 0.5) is 0 Å². The first kappa shape index (κ1) is 10.2. The van der Waals surface area contributed by atoms with Crippen LogP contribution in [0.3, 0.4) is 0 Å². The lowest BCUT2D eigenvalue weighted by atomic mass is 10.2. The highest BCUT2D eigenvalue weighted by Crippen LogP contribution is 2.31. The van der Waals surface area contributed by atoms with Crippen LogP contribution in [0.25, 0.3) is 5.69 Å². The van der Waals surface area contributed by atoms with Gasteiger partial charge < -0.3 is 9.47 Å². The van der Waals surface area contributed by atoms with Gasteiger partial charge in [0.05, 0.1) is 5.69 Å². The van der Waals surface area contributed by atoms with Gasteiger partial charge in [-0.15, -0.1) is 0 Å². The van der Waals surface area contributed by atoms with E-state index in [4.69, 9.17) is 21.7 Å². The van der Waals surface area contributed by atoms with Crippen molar-refractivity contribution in [3.63, 3.8) is 0 Å². The quantitative estimate of drug-likeness (QED) is 0.741. The second-order valence-electron chi connectivity index (χ2n) is 3.52. The van der Waals surface area contributed by atoms with Crippen LogP contribution < -0.4 is 15.2 Å². The van der Waals surface area contributed by atoms with Crippen molar-refractivity contribution in [3.05, 3.63) is 33.5 Å². The van der Waals surface area contributed by atoms with Crippen molar-refractivity contribution in [3.8, 4) is 17.2 Å². The van der Waals surface area contributed by atoms with E-state index < -0.39 is 0 Å². The molecule has 6 nitrogen and oxygen atoms in total. The predicted octanol–water partition coefficient (Wildman–Crippen LogP) is 0.994. The van der Waals surface area contributed by atoms with E-state index >= 15 is 0 Å². The Morgan fingerprint density at radius 1 is 1.18 bits per heavy atom. The van der Waals surface area contributed by atoms with E-state index in [2.05, 4.69) is 10.2 Å². The van der Waals surface area contributed by atoms with Gasteiger partial charge in [-0.3, -0.25) is 5.10 Å². The number of fused-ring (bicyclic) bond motifs is 1. The molecule has 2 heterocycles. The van der Waals surface area contributed by atoms with Crippen molar-refractivity contribution < 1.29 is 9.47 Å². The third kappa shape index (κ3) is 1.64.